The van der Waals surface area contributed by atoms with Crippen LogP contribution in [0.2, 0.25) is 0 Å². The first-order valence-corrected chi connectivity index (χ1v) is 9.12. The molecule has 2 aromatic rings. The zero-order valence-corrected chi connectivity index (χ0v) is 13.7. The SMILES string of the molecule is CS(=O)(=O)Nc1cccc(C(=O)Nc2nc(CC(N)=O)cs2)c1. The van der Waals surface area contributed by atoms with Crippen LogP contribution < -0.4 is 15.8 Å². The van der Waals surface area contributed by atoms with E-state index in [0.717, 1.165) is 6.26 Å². The van der Waals surface area contributed by atoms with Gasteiger partial charge in [0, 0.05) is 16.6 Å². The molecular weight excluding hydrogens is 340 g/mol. The molecule has 0 unspecified atom stereocenters. The standard InChI is InChI=1S/C13H14N4O4S2/c1-23(20,21)17-9-4-2-3-8(5-9)12(19)16-13-15-10(7-22-13)6-11(14)18/h2-5,7,17H,6H2,1H3,(H2,14,18)(H,15,16,19). The van der Waals surface area contributed by atoms with E-state index in [1.165, 1.54) is 23.5 Å². The maximum Gasteiger partial charge on any atom is 0.257 e. The number of rotatable bonds is 6. The first-order valence-electron chi connectivity index (χ1n) is 6.35. The van der Waals surface area contributed by atoms with Crippen molar-refractivity contribution in [3.63, 3.8) is 0 Å². The van der Waals surface area contributed by atoms with Gasteiger partial charge in [-0.05, 0) is 18.2 Å². The fourth-order valence-corrected chi connectivity index (χ4v) is 2.99. The highest BCUT2D eigenvalue weighted by Crippen LogP contribution is 2.18. The van der Waals surface area contributed by atoms with Crippen molar-refractivity contribution >= 4 is 44.0 Å². The molecule has 0 aliphatic heterocycles. The molecule has 0 spiro atoms. The number of thiazole rings is 1. The van der Waals surface area contributed by atoms with E-state index >= 15 is 0 Å². The second-order valence-corrected chi connectivity index (χ2v) is 7.30. The van der Waals surface area contributed by atoms with E-state index in [4.69, 9.17) is 5.73 Å². The van der Waals surface area contributed by atoms with Crippen molar-refractivity contribution in [2.24, 2.45) is 5.73 Å². The maximum absolute atomic E-state index is 12.2. The number of hydrogen-bond donors (Lipinski definition) is 3. The second-order valence-electron chi connectivity index (χ2n) is 4.70. The molecule has 0 saturated carbocycles. The number of sulfonamides is 1. The normalized spacial score (nSPS) is 11.0. The lowest BCUT2D eigenvalue weighted by atomic mass is 10.2. The molecule has 4 N–H and O–H groups in total. The van der Waals surface area contributed by atoms with Gasteiger partial charge in [-0.2, -0.15) is 0 Å². The van der Waals surface area contributed by atoms with Gasteiger partial charge in [-0.25, -0.2) is 13.4 Å². The van der Waals surface area contributed by atoms with Gasteiger partial charge in [0.2, 0.25) is 15.9 Å². The van der Waals surface area contributed by atoms with E-state index in [-0.39, 0.29) is 17.7 Å². The number of primary amides is 1. The van der Waals surface area contributed by atoms with Gasteiger partial charge in [0.05, 0.1) is 18.4 Å². The Morgan fingerprint density at radius 2 is 2.09 bits per heavy atom. The van der Waals surface area contributed by atoms with Gasteiger partial charge in [-0.1, -0.05) is 6.07 Å². The third kappa shape index (κ3) is 5.34. The lowest BCUT2D eigenvalue weighted by molar-refractivity contribution is -0.117. The molecule has 122 valence electrons. The van der Waals surface area contributed by atoms with Crippen molar-refractivity contribution in [1.82, 2.24) is 4.98 Å². The van der Waals surface area contributed by atoms with Crippen LogP contribution in [0.1, 0.15) is 16.1 Å². The van der Waals surface area contributed by atoms with Crippen molar-refractivity contribution in [1.29, 1.82) is 0 Å². The summed E-state index contributed by atoms with van der Waals surface area (Å²) in [6.07, 6.45) is 1.02. The minimum atomic E-state index is -3.42. The van der Waals surface area contributed by atoms with Gasteiger partial charge in [0.15, 0.2) is 5.13 Å². The third-order valence-corrected chi connectivity index (χ3v) is 3.97. The van der Waals surface area contributed by atoms with Crippen LogP contribution in [0.5, 0.6) is 0 Å². The molecule has 2 amide bonds. The zero-order chi connectivity index (χ0) is 17.0. The molecule has 1 heterocycles. The Morgan fingerprint density at radius 1 is 1.35 bits per heavy atom. The van der Waals surface area contributed by atoms with Gasteiger partial charge in [0.25, 0.3) is 5.91 Å². The Balaban J connectivity index is 2.10. The van der Waals surface area contributed by atoms with Crippen molar-refractivity contribution in [3.05, 3.63) is 40.9 Å². The average molecular weight is 354 g/mol. The molecule has 10 heteroatoms. The monoisotopic (exact) mass is 354 g/mol. The molecular formula is C13H14N4O4S2. The molecule has 1 aromatic carbocycles. The molecule has 0 bridgehead atoms. The summed E-state index contributed by atoms with van der Waals surface area (Å²) in [6.45, 7) is 0. The lowest BCUT2D eigenvalue weighted by Gasteiger charge is -2.06. The molecule has 0 radical (unpaired) electrons. The summed E-state index contributed by atoms with van der Waals surface area (Å²) in [4.78, 5) is 27.0. The Morgan fingerprint density at radius 3 is 2.74 bits per heavy atom. The first kappa shape index (κ1) is 16.9. The topological polar surface area (TPSA) is 131 Å². The summed E-state index contributed by atoms with van der Waals surface area (Å²) < 4.78 is 24.7. The van der Waals surface area contributed by atoms with E-state index in [9.17, 15) is 18.0 Å². The van der Waals surface area contributed by atoms with Gasteiger partial charge < -0.3 is 5.73 Å². The number of nitrogens with zero attached hydrogens (tertiary/aromatic N) is 1. The molecule has 23 heavy (non-hydrogen) atoms. The highest BCUT2D eigenvalue weighted by atomic mass is 32.2. The average Bonchev–Trinajstić information content (AvgIpc) is 2.83. The highest BCUT2D eigenvalue weighted by molar-refractivity contribution is 7.92. The maximum atomic E-state index is 12.2. The van der Waals surface area contributed by atoms with Gasteiger partial charge in [-0.15, -0.1) is 11.3 Å². The van der Waals surface area contributed by atoms with E-state index in [2.05, 4.69) is 15.0 Å². The van der Waals surface area contributed by atoms with E-state index < -0.39 is 21.8 Å². The van der Waals surface area contributed by atoms with Crippen LogP contribution in [0.15, 0.2) is 29.6 Å². The van der Waals surface area contributed by atoms with E-state index in [0.29, 0.717) is 10.8 Å². The molecule has 0 atom stereocenters. The molecule has 0 aliphatic rings. The third-order valence-electron chi connectivity index (χ3n) is 2.56. The van der Waals surface area contributed by atoms with Crippen LogP contribution >= 0.6 is 11.3 Å². The number of amides is 2. The molecule has 2 rings (SSSR count). The summed E-state index contributed by atoms with van der Waals surface area (Å²) in [6, 6.07) is 6.05. The quantitative estimate of drug-likeness (QED) is 0.706. The Bertz CT molecular complexity index is 845. The summed E-state index contributed by atoms with van der Waals surface area (Å²) in [5, 5.41) is 4.53. The van der Waals surface area contributed by atoms with Crippen molar-refractivity contribution < 1.29 is 18.0 Å². The number of nitrogens with one attached hydrogen (secondary N) is 2. The minimum absolute atomic E-state index is 0.000134. The van der Waals surface area contributed by atoms with Gasteiger partial charge in [0.1, 0.15) is 0 Å². The Labute approximate surface area is 136 Å². The molecule has 0 saturated heterocycles. The van der Waals surface area contributed by atoms with Crippen LogP contribution in [0.25, 0.3) is 0 Å². The number of benzene rings is 1. The Kier molecular flexibility index (Phi) is 4.96. The van der Waals surface area contributed by atoms with Crippen LogP contribution in [-0.2, 0) is 21.2 Å². The number of anilines is 2. The Hall–Kier alpha value is -2.46. The summed E-state index contributed by atoms with van der Waals surface area (Å²) in [5.74, 6) is -0.949. The lowest BCUT2D eigenvalue weighted by Crippen LogP contribution is -2.15. The minimum Gasteiger partial charge on any atom is -0.369 e. The second kappa shape index (κ2) is 6.75. The van der Waals surface area contributed by atoms with Gasteiger partial charge >= 0.3 is 0 Å². The van der Waals surface area contributed by atoms with Crippen molar-refractivity contribution in [2.45, 2.75) is 6.42 Å². The highest BCUT2D eigenvalue weighted by Gasteiger charge is 2.11. The predicted molar refractivity (Wildman–Crippen MR) is 87.9 cm³/mol. The molecule has 1 aromatic heterocycles. The van der Waals surface area contributed by atoms with Crippen LogP contribution in [0, 0.1) is 0 Å². The molecule has 8 nitrogen and oxygen atoms in total. The fourth-order valence-electron chi connectivity index (χ4n) is 1.73. The number of carbonyl (C=O) groups is 2. The van der Waals surface area contributed by atoms with Crippen molar-refractivity contribution in [3.8, 4) is 0 Å². The number of aromatic nitrogens is 1. The van der Waals surface area contributed by atoms with Crippen molar-refractivity contribution in [2.75, 3.05) is 16.3 Å². The fraction of sp³-hybridized carbons (Fsp3) is 0.154. The molecule has 0 fully saturated rings. The smallest absolute Gasteiger partial charge is 0.257 e. The van der Waals surface area contributed by atoms with Gasteiger partial charge in [-0.3, -0.25) is 19.6 Å². The van der Waals surface area contributed by atoms with Crippen LogP contribution in [0.4, 0.5) is 10.8 Å². The van der Waals surface area contributed by atoms with E-state index in [1.54, 1.807) is 17.5 Å². The summed E-state index contributed by atoms with van der Waals surface area (Å²) >= 11 is 1.17. The largest absolute Gasteiger partial charge is 0.369 e. The van der Waals surface area contributed by atoms with E-state index in [1.807, 2.05) is 0 Å². The van der Waals surface area contributed by atoms with Crippen LogP contribution in [-0.4, -0.2) is 31.5 Å². The van der Waals surface area contributed by atoms with Crippen LogP contribution in [0.3, 0.4) is 0 Å². The number of carbonyl (C=O) groups excluding carboxylic acids is 2. The predicted octanol–water partition coefficient (Wildman–Crippen LogP) is 0.795. The number of nitrogens with two attached hydrogens (primary N) is 1. The number of hydrogen-bond acceptors (Lipinski definition) is 6. The summed E-state index contributed by atoms with van der Waals surface area (Å²) in [5.41, 5.74) is 6.11. The molecule has 0 aliphatic carbocycles. The zero-order valence-electron chi connectivity index (χ0n) is 12.1. The first-order chi connectivity index (χ1) is 10.7. The summed E-state index contributed by atoms with van der Waals surface area (Å²) in [7, 11) is -3.42.